The van der Waals surface area contributed by atoms with Crippen LogP contribution in [0.2, 0.25) is 0 Å². The Balaban J connectivity index is 1.83. The third-order valence-electron chi connectivity index (χ3n) is 4.38. The van der Waals surface area contributed by atoms with E-state index in [1.165, 1.54) is 12.5 Å². The van der Waals surface area contributed by atoms with E-state index in [-0.39, 0.29) is 25.0 Å². The van der Waals surface area contributed by atoms with Crippen LogP contribution in [0.5, 0.6) is 0 Å². The normalized spacial score (nSPS) is 15.2. The Morgan fingerprint density at radius 1 is 1.08 bits per heavy atom. The Morgan fingerprint density at radius 3 is 2.28 bits per heavy atom. The molecule has 0 saturated heterocycles. The number of halogens is 2. The topological polar surface area (TPSA) is 61.4 Å². The van der Waals surface area contributed by atoms with Gasteiger partial charge in [-0.3, -0.25) is 14.5 Å². The van der Waals surface area contributed by atoms with Crippen LogP contribution in [0.4, 0.5) is 14.5 Å². The van der Waals surface area contributed by atoms with Gasteiger partial charge in [0.1, 0.15) is 17.3 Å². The largest absolute Gasteiger partial charge is 0.352 e. The van der Waals surface area contributed by atoms with Gasteiger partial charge in [0.25, 0.3) is 0 Å². The highest BCUT2D eigenvalue weighted by Gasteiger charge is 2.19. The lowest BCUT2D eigenvalue weighted by Gasteiger charge is -2.25. The summed E-state index contributed by atoms with van der Waals surface area (Å²) in [6.45, 7) is 2.28. The van der Waals surface area contributed by atoms with Crippen molar-refractivity contribution >= 4 is 17.5 Å². The second-order valence-electron chi connectivity index (χ2n) is 6.35. The van der Waals surface area contributed by atoms with Crippen molar-refractivity contribution < 1.29 is 18.4 Å². The lowest BCUT2D eigenvalue weighted by molar-refractivity contribution is -0.124. The molecular formula is C18H25F2N3O2. The number of hydrogen-bond donors (Lipinski definition) is 2. The molecule has 0 aromatic heterocycles. The minimum absolute atomic E-state index is 0.0835. The van der Waals surface area contributed by atoms with Crippen molar-refractivity contribution in [3.05, 3.63) is 29.8 Å². The summed E-state index contributed by atoms with van der Waals surface area (Å²) in [6.07, 6.45) is 5.44. The highest BCUT2D eigenvalue weighted by atomic mass is 19.1. The predicted octanol–water partition coefficient (Wildman–Crippen LogP) is 2.67. The summed E-state index contributed by atoms with van der Waals surface area (Å²) in [5, 5.41) is 5.23. The van der Waals surface area contributed by atoms with Crippen LogP contribution in [0, 0.1) is 11.6 Å². The Kier molecular flexibility index (Phi) is 7.31. The molecule has 0 bridgehead atoms. The highest BCUT2D eigenvalue weighted by Crippen LogP contribution is 2.18. The van der Waals surface area contributed by atoms with Crippen LogP contribution in [-0.4, -0.2) is 42.4 Å². The number of nitrogens with zero attached hydrogens (tertiary/aromatic N) is 1. The average molecular weight is 353 g/mol. The number of amides is 2. The minimum Gasteiger partial charge on any atom is -0.352 e. The third-order valence-corrected chi connectivity index (χ3v) is 4.38. The first kappa shape index (κ1) is 19.3. The number of benzene rings is 1. The van der Waals surface area contributed by atoms with Gasteiger partial charge in [0.2, 0.25) is 11.8 Å². The van der Waals surface area contributed by atoms with Crippen molar-refractivity contribution in [1.82, 2.24) is 10.2 Å². The first-order valence-corrected chi connectivity index (χ1v) is 8.75. The van der Waals surface area contributed by atoms with Gasteiger partial charge in [0.15, 0.2) is 0 Å². The van der Waals surface area contributed by atoms with Crippen LogP contribution >= 0.6 is 0 Å². The van der Waals surface area contributed by atoms with E-state index < -0.39 is 23.2 Å². The number of likely N-dealkylation sites (N-methyl/N-ethyl adjacent to an activating group) is 1. The van der Waals surface area contributed by atoms with Crippen LogP contribution in [0.3, 0.4) is 0 Å². The van der Waals surface area contributed by atoms with Gasteiger partial charge in [-0.1, -0.05) is 32.3 Å². The fourth-order valence-electron chi connectivity index (χ4n) is 3.00. The molecule has 0 radical (unpaired) electrons. The van der Waals surface area contributed by atoms with Gasteiger partial charge in [-0.15, -0.1) is 0 Å². The van der Waals surface area contributed by atoms with Crippen molar-refractivity contribution in [2.24, 2.45) is 0 Å². The molecule has 2 rings (SSSR count). The second-order valence-corrected chi connectivity index (χ2v) is 6.35. The van der Waals surface area contributed by atoms with Gasteiger partial charge in [-0.05, 0) is 31.5 Å². The minimum atomic E-state index is -0.827. The van der Waals surface area contributed by atoms with Gasteiger partial charge in [0, 0.05) is 6.04 Å². The van der Waals surface area contributed by atoms with Gasteiger partial charge < -0.3 is 10.6 Å². The molecule has 2 N–H and O–H groups in total. The van der Waals surface area contributed by atoms with Crippen molar-refractivity contribution in [3.8, 4) is 0 Å². The van der Waals surface area contributed by atoms with Crippen LogP contribution in [0.25, 0.3) is 0 Å². The summed E-state index contributed by atoms with van der Waals surface area (Å²) >= 11 is 0. The van der Waals surface area contributed by atoms with Crippen molar-refractivity contribution in [2.45, 2.75) is 45.1 Å². The molecular weight excluding hydrogens is 328 g/mol. The number of carbonyl (C=O) groups excluding carboxylic acids is 2. The highest BCUT2D eigenvalue weighted by molar-refractivity contribution is 5.92. The molecule has 1 aliphatic rings. The van der Waals surface area contributed by atoms with Gasteiger partial charge in [-0.25, -0.2) is 8.78 Å². The molecule has 1 aliphatic carbocycles. The quantitative estimate of drug-likeness (QED) is 0.792. The Labute approximate surface area is 146 Å². The lowest BCUT2D eigenvalue weighted by atomic mass is 9.95. The van der Waals surface area contributed by atoms with E-state index in [0.29, 0.717) is 6.54 Å². The maximum absolute atomic E-state index is 13.6. The predicted molar refractivity (Wildman–Crippen MR) is 92.1 cm³/mol. The lowest BCUT2D eigenvalue weighted by Crippen LogP contribution is -2.44. The molecule has 0 aliphatic heterocycles. The molecule has 0 atom stereocenters. The number of rotatable bonds is 7. The first-order valence-electron chi connectivity index (χ1n) is 8.75. The summed E-state index contributed by atoms with van der Waals surface area (Å²) in [5.41, 5.74) is -0.463. The summed E-state index contributed by atoms with van der Waals surface area (Å²) in [4.78, 5) is 25.8. The molecule has 0 unspecified atom stereocenters. The summed E-state index contributed by atoms with van der Waals surface area (Å²) in [7, 11) is 0. The summed E-state index contributed by atoms with van der Waals surface area (Å²) in [6, 6.07) is 3.59. The van der Waals surface area contributed by atoms with E-state index in [1.54, 1.807) is 4.90 Å². The Bertz CT molecular complexity index is 584. The van der Waals surface area contributed by atoms with E-state index in [9.17, 15) is 18.4 Å². The van der Waals surface area contributed by atoms with Crippen molar-refractivity contribution in [2.75, 3.05) is 25.0 Å². The second kappa shape index (κ2) is 9.46. The van der Waals surface area contributed by atoms with E-state index in [0.717, 1.165) is 37.8 Å². The van der Waals surface area contributed by atoms with E-state index in [2.05, 4.69) is 10.6 Å². The molecule has 1 aromatic carbocycles. The van der Waals surface area contributed by atoms with Crippen molar-refractivity contribution in [1.29, 1.82) is 0 Å². The molecule has 25 heavy (non-hydrogen) atoms. The molecule has 138 valence electrons. The van der Waals surface area contributed by atoms with Crippen LogP contribution in [0.1, 0.15) is 39.0 Å². The Morgan fingerprint density at radius 2 is 1.68 bits per heavy atom. The van der Waals surface area contributed by atoms with Gasteiger partial charge in [0.05, 0.1) is 13.1 Å². The third kappa shape index (κ3) is 6.08. The van der Waals surface area contributed by atoms with Gasteiger partial charge >= 0.3 is 0 Å². The zero-order chi connectivity index (χ0) is 18.2. The maximum Gasteiger partial charge on any atom is 0.238 e. The molecule has 1 fully saturated rings. The molecule has 1 saturated carbocycles. The smallest absolute Gasteiger partial charge is 0.238 e. The number of carbonyl (C=O) groups is 2. The van der Waals surface area contributed by atoms with Crippen LogP contribution in [-0.2, 0) is 9.59 Å². The van der Waals surface area contributed by atoms with E-state index in [4.69, 9.17) is 0 Å². The number of para-hydroxylation sites is 1. The zero-order valence-electron chi connectivity index (χ0n) is 14.5. The standard InChI is InChI=1S/C18H25F2N3O2/c1-2-23(11-16(24)21-13-7-4-3-5-8-13)12-17(25)22-18-14(19)9-6-10-15(18)20/h6,9-10,13H,2-5,7-8,11-12H2,1H3,(H,21,24)(H,22,25). The number of hydrogen-bond acceptors (Lipinski definition) is 3. The molecule has 7 heteroatoms. The average Bonchev–Trinajstić information content (AvgIpc) is 2.58. The molecule has 2 amide bonds. The molecule has 0 heterocycles. The first-order chi connectivity index (χ1) is 12.0. The zero-order valence-corrected chi connectivity index (χ0v) is 14.5. The number of anilines is 1. The summed E-state index contributed by atoms with van der Waals surface area (Å²) < 4.78 is 27.1. The van der Waals surface area contributed by atoms with E-state index >= 15 is 0 Å². The SMILES string of the molecule is CCN(CC(=O)Nc1c(F)cccc1F)CC(=O)NC1CCCCC1. The Hall–Kier alpha value is -2.02. The maximum atomic E-state index is 13.6. The molecule has 1 aromatic rings. The fraction of sp³-hybridized carbons (Fsp3) is 0.556. The van der Waals surface area contributed by atoms with Crippen LogP contribution in [0.15, 0.2) is 18.2 Å². The molecule has 5 nitrogen and oxygen atoms in total. The van der Waals surface area contributed by atoms with Crippen LogP contribution < -0.4 is 10.6 Å². The fourth-order valence-corrected chi connectivity index (χ4v) is 3.00. The number of nitrogens with one attached hydrogen (secondary N) is 2. The van der Waals surface area contributed by atoms with Crippen molar-refractivity contribution in [3.63, 3.8) is 0 Å². The molecule has 0 spiro atoms. The monoisotopic (exact) mass is 353 g/mol. The van der Waals surface area contributed by atoms with E-state index in [1.807, 2.05) is 6.92 Å². The summed E-state index contributed by atoms with van der Waals surface area (Å²) in [5.74, 6) is -2.34. The van der Waals surface area contributed by atoms with Gasteiger partial charge in [-0.2, -0.15) is 0 Å².